The fourth-order valence-corrected chi connectivity index (χ4v) is 1.28. The van der Waals surface area contributed by atoms with E-state index in [4.69, 9.17) is 17.3 Å². The number of amides is 1. The maximum absolute atomic E-state index is 13.0. The number of nitrogens with one attached hydrogen (secondary N) is 1. The Balaban J connectivity index is 2.85. The molecule has 3 nitrogen and oxygen atoms in total. The van der Waals surface area contributed by atoms with Crippen LogP contribution >= 0.6 is 11.6 Å². The van der Waals surface area contributed by atoms with Crippen molar-refractivity contribution in [3.05, 3.63) is 29.0 Å². The van der Waals surface area contributed by atoms with Crippen molar-refractivity contribution >= 4 is 23.2 Å². The first-order valence-electron chi connectivity index (χ1n) is 4.91. The summed E-state index contributed by atoms with van der Waals surface area (Å²) in [7, 11) is 0. The van der Waals surface area contributed by atoms with E-state index >= 15 is 0 Å². The Hall–Kier alpha value is -1.13. The molecule has 0 aromatic heterocycles. The molecule has 0 saturated carbocycles. The first-order chi connectivity index (χ1) is 7.35. The van der Waals surface area contributed by atoms with E-state index in [0.29, 0.717) is 12.1 Å². The van der Waals surface area contributed by atoms with Gasteiger partial charge >= 0.3 is 0 Å². The normalized spacial score (nSPS) is 14.3. The third-order valence-electron chi connectivity index (χ3n) is 2.37. The largest absolute Gasteiger partial charge is 0.324 e. The van der Waals surface area contributed by atoms with Crippen LogP contribution in [0.2, 0.25) is 5.02 Å². The van der Waals surface area contributed by atoms with Crippen molar-refractivity contribution in [3.63, 3.8) is 0 Å². The zero-order valence-corrected chi connectivity index (χ0v) is 9.94. The van der Waals surface area contributed by atoms with Crippen LogP contribution in [0.4, 0.5) is 10.1 Å². The molecule has 0 heterocycles. The van der Waals surface area contributed by atoms with Gasteiger partial charge in [-0.25, -0.2) is 4.39 Å². The van der Waals surface area contributed by atoms with E-state index in [1.165, 1.54) is 18.2 Å². The Bertz CT molecular complexity index is 387. The molecule has 0 radical (unpaired) electrons. The van der Waals surface area contributed by atoms with Crippen LogP contribution in [0, 0.1) is 5.82 Å². The highest BCUT2D eigenvalue weighted by Gasteiger charge is 2.25. The smallest absolute Gasteiger partial charge is 0.244 e. The van der Waals surface area contributed by atoms with Gasteiger partial charge < -0.3 is 11.1 Å². The van der Waals surface area contributed by atoms with Crippen LogP contribution in [0.3, 0.4) is 0 Å². The van der Waals surface area contributed by atoms with Crippen LogP contribution < -0.4 is 11.1 Å². The molecule has 3 N–H and O–H groups in total. The first-order valence-corrected chi connectivity index (χ1v) is 5.29. The molecule has 0 aliphatic carbocycles. The molecule has 1 atom stereocenters. The number of carbonyl (C=O) groups is 1. The summed E-state index contributed by atoms with van der Waals surface area (Å²) in [5, 5.41) is 2.75. The molecule has 0 bridgehead atoms. The summed E-state index contributed by atoms with van der Waals surface area (Å²) in [6.45, 7) is 3.42. The summed E-state index contributed by atoms with van der Waals surface area (Å²) in [5.41, 5.74) is 5.08. The number of anilines is 1. The third kappa shape index (κ3) is 3.18. The fraction of sp³-hybridized carbons (Fsp3) is 0.364. The van der Waals surface area contributed by atoms with E-state index in [2.05, 4.69) is 5.32 Å². The molecule has 1 rings (SSSR count). The van der Waals surface area contributed by atoms with Crippen LogP contribution in [-0.2, 0) is 4.79 Å². The topological polar surface area (TPSA) is 55.1 Å². The van der Waals surface area contributed by atoms with Gasteiger partial charge in [0.2, 0.25) is 5.91 Å². The summed E-state index contributed by atoms with van der Waals surface area (Å²) in [6.07, 6.45) is 0.488. The second-order valence-corrected chi connectivity index (χ2v) is 4.32. The van der Waals surface area contributed by atoms with E-state index in [-0.39, 0.29) is 10.9 Å². The van der Waals surface area contributed by atoms with Crippen molar-refractivity contribution < 1.29 is 9.18 Å². The molecular formula is C11H14ClFN2O. The van der Waals surface area contributed by atoms with E-state index in [1.807, 2.05) is 0 Å². The van der Waals surface area contributed by atoms with Gasteiger partial charge in [0, 0.05) is 10.7 Å². The SMILES string of the molecule is CCC(C)(N)C(=O)Nc1cc(F)cc(Cl)c1. The van der Waals surface area contributed by atoms with Crippen LogP contribution in [-0.4, -0.2) is 11.4 Å². The Labute approximate surface area is 98.8 Å². The number of nitrogens with two attached hydrogens (primary N) is 1. The zero-order valence-electron chi connectivity index (χ0n) is 9.18. The molecule has 88 valence electrons. The number of rotatable bonds is 3. The van der Waals surface area contributed by atoms with Crippen LogP contribution in [0.15, 0.2) is 18.2 Å². The molecule has 0 aliphatic heterocycles. The van der Waals surface area contributed by atoms with Crippen molar-refractivity contribution in [2.24, 2.45) is 5.73 Å². The van der Waals surface area contributed by atoms with Gasteiger partial charge in [-0.1, -0.05) is 18.5 Å². The Kier molecular flexibility index (Phi) is 3.88. The molecular weight excluding hydrogens is 231 g/mol. The van der Waals surface area contributed by atoms with Gasteiger partial charge in [0.25, 0.3) is 0 Å². The standard InChI is InChI=1S/C11H14ClFN2O/c1-3-11(2,14)10(16)15-9-5-7(12)4-8(13)6-9/h4-6H,3,14H2,1-2H3,(H,15,16). The summed E-state index contributed by atoms with van der Waals surface area (Å²) in [5.74, 6) is -0.866. The van der Waals surface area contributed by atoms with Crippen molar-refractivity contribution in [2.45, 2.75) is 25.8 Å². The van der Waals surface area contributed by atoms with E-state index in [9.17, 15) is 9.18 Å². The maximum Gasteiger partial charge on any atom is 0.244 e. The van der Waals surface area contributed by atoms with Crippen molar-refractivity contribution in [3.8, 4) is 0 Å². The minimum absolute atomic E-state index is 0.227. The van der Waals surface area contributed by atoms with Crippen molar-refractivity contribution in [1.29, 1.82) is 0 Å². The average molecular weight is 245 g/mol. The van der Waals surface area contributed by atoms with Gasteiger partial charge in [-0.2, -0.15) is 0 Å². The van der Waals surface area contributed by atoms with Crippen molar-refractivity contribution in [2.75, 3.05) is 5.32 Å². The minimum Gasteiger partial charge on any atom is -0.324 e. The summed E-state index contributed by atoms with van der Waals surface area (Å²) < 4.78 is 13.0. The fourth-order valence-electron chi connectivity index (χ4n) is 1.06. The summed E-state index contributed by atoms with van der Waals surface area (Å²) >= 11 is 5.66. The molecule has 1 amide bonds. The lowest BCUT2D eigenvalue weighted by Crippen LogP contribution is -2.47. The number of benzene rings is 1. The highest BCUT2D eigenvalue weighted by molar-refractivity contribution is 6.30. The Morgan fingerprint density at radius 3 is 2.69 bits per heavy atom. The number of hydrogen-bond donors (Lipinski definition) is 2. The molecule has 1 aromatic carbocycles. The Morgan fingerprint density at radius 1 is 1.56 bits per heavy atom. The molecule has 0 aliphatic rings. The lowest BCUT2D eigenvalue weighted by atomic mass is 9.99. The van der Waals surface area contributed by atoms with Gasteiger partial charge in [0.05, 0.1) is 5.54 Å². The van der Waals surface area contributed by atoms with Gasteiger partial charge in [-0.3, -0.25) is 4.79 Å². The average Bonchev–Trinajstić information content (AvgIpc) is 2.15. The van der Waals surface area contributed by atoms with Crippen LogP contribution in [0.5, 0.6) is 0 Å². The molecule has 1 unspecified atom stereocenters. The Morgan fingerprint density at radius 2 is 2.19 bits per heavy atom. The predicted molar refractivity (Wildman–Crippen MR) is 62.9 cm³/mol. The molecule has 0 spiro atoms. The lowest BCUT2D eigenvalue weighted by Gasteiger charge is -2.21. The number of carbonyl (C=O) groups excluding carboxylic acids is 1. The minimum atomic E-state index is -0.973. The highest BCUT2D eigenvalue weighted by Crippen LogP contribution is 2.19. The summed E-state index contributed by atoms with van der Waals surface area (Å²) in [6, 6.07) is 3.82. The highest BCUT2D eigenvalue weighted by atomic mass is 35.5. The quantitative estimate of drug-likeness (QED) is 0.859. The van der Waals surface area contributed by atoms with E-state index in [1.54, 1.807) is 13.8 Å². The second kappa shape index (κ2) is 4.80. The van der Waals surface area contributed by atoms with Crippen molar-refractivity contribution in [1.82, 2.24) is 0 Å². The van der Waals surface area contributed by atoms with E-state index in [0.717, 1.165) is 0 Å². The number of halogens is 2. The van der Waals surface area contributed by atoms with Crippen LogP contribution in [0.1, 0.15) is 20.3 Å². The zero-order chi connectivity index (χ0) is 12.3. The summed E-state index contributed by atoms with van der Waals surface area (Å²) in [4.78, 5) is 11.7. The van der Waals surface area contributed by atoms with Gasteiger partial charge in [-0.05, 0) is 31.5 Å². The van der Waals surface area contributed by atoms with Gasteiger partial charge in [0.1, 0.15) is 5.82 Å². The van der Waals surface area contributed by atoms with Gasteiger partial charge in [0.15, 0.2) is 0 Å². The number of hydrogen-bond acceptors (Lipinski definition) is 2. The third-order valence-corrected chi connectivity index (χ3v) is 2.59. The predicted octanol–water partition coefficient (Wildman–Crippen LogP) is 2.55. The molecule has 5 heteroatoms. The van der Waals surface area contributed by atoms with Gasteiger partial charge in [-0.15, -0.1) is 0 Å². The molecule has 0 fully saturated rings. The molecule has 0 saturated heterocycles. The van der Waals surface area contributed by atoms with Crippen LogP contribution in [0.25, 0.3) is 0 Å². The van der Waals surface area contributed by atoms with E-state index < -0.39 is 11.4 Å². The first kappa shape index (κ1) is 12.9. The second-order valence-electron chi connectivity index (χ2n) is 3.88. The molecule has 1 aromatic rings. The lowest BCUT2D eigenvalue weighted by molar-refractivity contribution is -0.120. The molecule has 16 heavy (non-hydrogen) atoms. The monoisotopic (exact) mass is 244 g/mol. The maximum atomic E-state index is 13.0.